The van der Waals surface area contributed by atoms with Crippen LogP contribution < -0.4 is 0 Å². The van der Waals surface area contributed by atoms with E-state index in [0.717, 1.165) is 19.3 Å². The number of rotatable bonds is 1. The molecule has 0 bridgehead atoms. The van der Waals surface area contributed by atoms with Gasteiger partial charge in [0.1, 0.15) is 5.41 Å². The molecule has 2 rings (SSSR count). The van der Waals surface area contributed by atoms with Gasteiger partial charge >= 0.3 is 5.97 Å². The summed E-state index contributed by atoms with van der Waals surface area (Å²) in [6.07, 6.45) is 4.20. The zero-order valence-corrected chi connectivity index (χ0v) is 11.8. The molecule has 0 aromatic rings. The van der Waals surface area contributed by atoms with Crippen LogP contribution in [0.5, 0.6) is 0 Å². The zero-order valence-electron chi connectivity index (χ0n) is 11.8. The molecule has 2 fully saturated rings. The van der Waals surface area contributed by atoms with Crippen LogP contribution in [-0.2, 0) is 9.59 Å². The van der Waals surface area contributed by atoms with Gasteiger partial charge in [0.2, 0.25) is 0 Å². The zero-order chi connectivity index (χ0) is 13.7. The molecule has 4 unspecified atom stereocenters. The largest absolute Gasteiger partial charge is 0.480 e. The van der Waals surface area contributed by atoms with Crippen LogP contribution in [0, 0.1) is 28.6 Å². The van der Waals surface area contributed by atoms with E-state index in [9.17, 15) is 14.7 Å². The van der Waals surface area contributed by atoms with E-state index in [4.69, 9.17) is 0 Å². The van der Waals surface area contributed by atoms with Crippen LogP contribution in [0.1, 0.15) is 53.4 Å². The lowest BCUT2D eigenvalue weighted by Gasteiger charge is -2.54. The normalized spacial score (nSPS) is 43.3. The Bertz CT molecular complexity index is 385. The fourth-order valence-electron chi connectivity index (χ4n) is 4.31. The first-order chi connectivity index (χ1) is 8.24. The van der Waals surface area contributed by atoms with Crippen LogP contribution in [0.4, 0.5) is 0 Å². The van der Waals surface area contributed by atoms with Gasteiger partial charge in [0.25, 0.3) is 0 Å². The van der Waals surface area contributed by atoms with Gasteiger partial charge < -0.3 is 5.11 Å². The number of fused-ring (bicyclic) bond motifs is 1. The standard InChI is InChI=1S/C15H24O3/c1-9-10-7-5-6-8-11(10)15(4,13(17)18)12(16)14(9,2)3/h9-11H,5-8H2,1-4H3,(H,17,18). The van der Waals surface area contributed by atoms with Crippen molar-refractivity contribution in [1.82, 2.24) is 0 Å². The van der Waals surface area contributed by atoms with Crippen molar-refractivity contribution in [2.75, 3.05) is 0 Å². The molecular formula is C15H24O3. The van der Waals surface area contributed by atoms with Crippen LogP contribution in [0.25, 0.3) is 0 Å². The molecule has 3 heteroatoms. The molecule has 1 N–H and O–H groups in total. The van der Waals surface area contributed by atoms with Crippen molar-refractivity contribution in [3.05, 3.63) is 0 Å². The number of ketones is 1. The van der Waals surface area contributed by atoms with Gasteiger partial charge in [0.05, 0.1) is 0 Å². The molecule has 0 heterocycles. The third kappa shape index (κ3) is 1.55. The summed E-state index contributed by atoms with van der Waals surface area (Å²) < 4.78 is 0. The minimum absolute atomic E-state index is 0.0271. The summed E-state index contributed by atoms with van der Waals surface area (Å²) in [5.41, 5.74) is -1.70. The lowest BCUT2D eigenvalue weighted by molar-refractivity contribution is -0.176. The maximum absolute atomic E-state index is 12.7. The maximum atomic E-state index is 12.7. The Morgan fingerprint density at radius 3 is 2.33 bits per heavy atom. The maximum Gasteiger partial charge on any atom is 0.317 e. The summed E-state index contributed by atoms with van der Waals surface area (Å²) in [4.78, 5) is 24.4. The third-order valence-corrected chi connectivity index (χ3v) is 5.84. The molecule has 0 aromatic carbocycles. The average Bonchev–Trinajstić information content (AvgIpc) is 2.34. The van der Waals surface area contributed by atoms with E-state index in [0.29, 0.717) is 5.92 Å². The van der Waals surface area contributed by atoms with E-state index in [1.807, 2.05) is 13.8 Å². The van der Waals surface area contributed by atoms with Crippen molar-refractivity contribution in [3.63, 3.8) is 0 Å². The van der Waals surface area contributed by atoms with Gasteiger partial charge in [0, 0.05) is 5.41 Å². The Morgan fingerprint density at radius 2 is 1.78 bits per heavy atom. The molecule has 0 aliphatic heterocycles. The monoisotopic (exact) mass is 252 g/mol. The lowest BCUT2D eigenvalue weighted by Crippen LogP contribution is -2.60. The molecule has 0 aromatic heterocycles. The first-order valence-electron chi connectivity index (χ1n) is 7.02. The van der Waals surface area contributed by atoms with E-state index in [2.05, 4.69) is 6.92 Å². The molecule has 4 atom stereocenters. The van der Waals surface area contributed by atoms with Crippen molar-refractivity contribution in [1.29, 1.82) is 0 Å². The summed E-state index contributed by atoms with van der Waals surface area (Å²) in [6, 6.07) is 0. The highest BCUT2D eigenvalue weighted by molar-refractivity contribution is 6.06. The second-order valence-corrected chi connectivity index (χ2v) is 6.90. The predicted molar refractivity (Wildman–Crippen MR) is 69.1 cm³/mol. The number of carbonyl (C=O) groups is 2. The summed E-state index contributed by atoms with van der Waals surface area (Å²) >= 11 is 0. The van der Waals surface area contributed by atoms with E-state index in [1.54, 1.807) is 6.92 Å². The highest BCUT2D eigenvalue weighted by Gasteiger charge is 2.62. The van der Waals surface area contributed by atoms with Crippen LogP contribution in [-0.4, -0.2) is 16.9 Å². The molecule has 18 heavy (non-hydrogen) atoms. The fourth-order valence-corrected chi connectivity index (χ4v) is 4.31. The van der Waals surface area contributed by atoms with Gasteiger partial charge in [-0.2, -0.15) is 0 Å². The first kappa shape index (κ1) is 13.6. The summed E-state index contributed by atoms with van der Waals surface area (Å²) in [5.74, 6) is -0.308. The second kappa shape index (κ2) is 4.07. The van der Waals surface area contributed by atoms with Crippen molar-refractivity contribution >= 4 is 11.8 Å². The van der Waals surface area contributed by atoms with Crippen molar-refractivity contribution in [2.45, 2.75) is 53.4 Å². The summed E-state index contributed by atoms with van der Waals surface area (Å²) in [7, 11) is 0. The Labute approximate surface area is 109 Å². The third-order valence-electron chi connectivity index (χ3n) is 5.84. The van der Waals surface area contributed by atoms with Crippen molar-refractivity contribution in [3.8, 4) is 0 Å². The quantitative estimate of drug-likeness (QED) is 0.729. The topological polar surface area (TPSA) is 54.4 Å². The Hall–Kier alpha value is -0.860. The van der Waals surface area contributed by atoms with E-state index in [1.165, 1.54) is 6.42 Å². The van der Waals surface area contributed by atoms with Gasteiger partial charge in [-0.25, -0.2) is 0 Å². The van der Waals surface area contributed by atoms with E-state index >= 15 is 0 Å². The highest BCUT2D eigenvalue weighted by Crippen LogP contribution is 2.57. The molecule has 2 aliphatic rings. The highest BCUT2D eigenvalue weighted by atomic mass is 16.4. The van der Waals surface area contributed by atoms with Crippen LogP contribution in [0.2, 0.25) is 0 Å². The number of hydrogen-bond donors (Lipinski definition) is 1. The van der Waals surface area contributed by atoms with Crippen molar-refractivity contribution in [2.24, 2.45) is 28.6 Å². The van der Waals surface area contributed by atoms with Gasteiger partial charge in [-0.3, -0.25) is 9.59 Å². The Morgan fingerprint density at radius 1 is 1.22 bits per heavy atom. The summed E-state index contributed by atoms with van der Waals surface area (Å²) in [5, 5.41) is 9.60. The Balaban J connectivity index is 2.51. The van der Waals surface area contributed by atoms with Crippen LogP contribution in [0.15, 0.2) is 0 Å². The number of carbonyl (C=O) groups excluding carboxylic acids is 1. The molecule has 0 radical (unpaired) electrons. The average molecular weight is 252 g/mol. The molecule has 2 saturated carbocycles. The van der Waals surface area contributed by atoms with Crippen molar-refractivity contribution < 1.29 is 14.7 Å². The molecular weight excluding hydrogens is 228 g/mol. The van der Waals surface area contributed by atoms with Gasteiger partial charge in [-0.05, 0) is 37.5 Å². The number of aliphatic carboxylic acids is 1. The number of hydrogen-bond acceptors (Lipinski definition) is 2. The predicted octanol–water partition coefficient (Wildman–Crippen LogP) is 3.13. The van der Waals surface area contributed by atoms with Crippen LogP contribution >= 0.6 is 0 Å². The number of Topliss-reactive ketones (excluding diaryl/α,β-unsaturated/α-hetero) is 1. The minimum Gasteiger partial charge on any atom is -0.480 e. The van der Waals surface area contributed by atoms with Gasteiger partial charge in [-0.15, -0.1) is 0 Å². The SMILES string of the molecule is CC1C2CCCCC2C(C)(C(=O)O)C(=O)C1(C)C. The first-order valence-corrected chi connectivity index (χ1v) is 7.02. The lowest BCUT2D eigenvalue weighted by atomic mass is 9.47. The molecule has 102 valence electrons. The number of carboxylic acid groups (broad SMARTS) is 1. The second-order valence-electron chi connectivity index (χ2n) is 6.90. The Kier molecular flexibility index (Phi) is 3.07. The van der Waals surface area contributed by atoms with Crippen LogP contribution in [0.3, 0.4) is 0 Å². The molecule has 3 nitrogen and oxygen atoms in total. The minimum atomic E-state index is -1.18. The van der Waals surface area contributed by atoms with Gasteiger partial charge in [0.15, 0.2) is 5.78 Å². The molecule has 0 saturated heterocycles. The summed E-state index contributed by atoms with van der Waals surface area (Å²) in [6.45, 7) is 7.63. The number of carboxylic acids is 1. The molecule has 0 amide bonds. The van der Waals surface area contributed by atoms with Gasteiger partial charge in [-0.1, -0.05) is 33.6 Å². The molecule has 2 aliphatic carbocycles. The fraction of sp³-hybridized carbons (Fsp3) is 0.867. The molecule has 0 spiro atoms. The van der Waals surface area contributed by atoms with E-state index in [-0.39, 0.29) is 17.6 Å². The smallest absolute Gasteiger partial charge is 0.317 e. The van der Waals surface area contributed by atoms with E-state index < -0.39 is 16.8 Å².